The average Bonchev–Trinajstić information content (AvgIpc) is 3.29. The van der Waals surface area contributed by atoms with Gasteiger partial charge in [0, 0.05) is 44.5 Å². The molecule has 0 unspecified atom stereocenters. The van der Waals surface area contributed by atoms with Gasteiger partial charge >= 0.3 is 0 Å². The van der Waals surface area contributed by atoms with Crippen molar-refractivity contribution in [2.24, 2.45) is 11.8 Å². The fourth-order valence-corrected chi connectivity index (χ4v) is 5.01. The largest absolute Gasteiger partial charge is 0.342 e. The van der Waals surface area contributed by atoms with Crippen molar-refractivity contribution >= 4 is 11.8 Å². The van der Waals surface area contributed by atoms with Gasteiger partial charge in [-0.05, 0) is 63.6 Å². The van der Waals surface area contributed by atoms with Crippen molar-refractivity contribution in [3.8, 4) is 0 Å². The molecule has 0 saturated carbocycles. The van der Waals surface area contributed by atoms with Crippen LogP contribution in [0.25, 0.3) is 0 Å². The van der Waals surface area contributed by atoms with E-state index in [1.807, 2.05) is 21.8 Å². The molecular formula is C21H33N5O2. The lowest BCUT2D eigenvalue weighted by atomic mass is 9.85. The molecule has 1 aromatic heterocycles. The highest BCUT2D eigenvalue weighted by Crippen LogP contribution is 2.32. The molecule has 3 fully saturated rings. The van der Waals surface area contributed by atoms with Crippen LogP contribution in [-0.2, 0) is 15.1 Å². The molecular weight excluding hydrogens is 354 g/mol. The number of aromatic nitrogens is 2. The van der Waals surface area contributed by atoms with Crippen LogP contribution >= 0.6 is 0 Å². The molecule has 1 N–H and O–H groups in total. The number of hydrogen-bond donors (Lipinski definition) is 1. The molecule has 3 saturated heterocycles. The van der Waals surface area contributed by atoms with E-state index < -0.39 is 5.54 Å². The monoisotopic (exact) mass is 387 g/mol. The molecule has 2 amide bonds. The normalized spacial score (nSPS) is 24.3. The summed E-state index contributed by atoms with van der Waals surface area (Å²) < 4.78 is 1.86. The molecule has 154 valence electrons. The van der Waals surface area contributed by atoms with E-state index in [0.29, 0.717) is 19.0 Å². The second kappa shape index (κ2) is 8.23. The minimum Gasteiger partial charge on any atom is -0.342 e. The van der Waals surface area contributed by atoms with E-state index in [9.17, 15) is 9.59 Å². The lowest BCUT2D eigenvalue weighted by Gasteiger charge is -2.42. The van der Waals surface area contributed by atoms with Gasteiger partial charge in [0.2, 0.25) is 5.91 Å². The summed E-state index contributed by atoms with van der Waals surface area (Å²) in [6.07, 6.45) is 8.98. The number of likely N-dealkylation sites (tertiary alicyclic amines) is 2. The van der Waals surface area contributed by atoms with Crippen molar-refractivity contribution in [1.29, 1.82) is 0 Å². The van der Waals surface area contributed by atoms with Crippen LogP contribution in [0.4, 0.5) is 0 Å². The smallest absolute Gasteiger partial charge is 0.250 e. The van der Waals surface area contributed by atoms with Crippen LogP contribution in [0.1, 0.15) is 45.4 Å². The van der Waals surface area contributed by atoms with Crippen LogP contribution < -0.4 is 5.32 Å². The summed E-state index contributed by atoms with van der Waals surface area (Å²) >= 11 is 0. The number of nitrogens with zero attached hydrogens (tertiary/aromatic N) is 4. The molecule has 0 aliphatic carbocycles. The summed E-state index contributed by atoms with van der Waals surface area (Å²) in [4.78, 5) is 30.5. The lowest BCUT2D eigenvalue weighted by molar-refractivity contribution is -0.148. The number of hydrogen-bond acceptors (Lipinski definition) is 4. The van der Waals surface area contributed by atoms with Gasteiger partial charge in [0.15, 0.2) is 0 Å². The van der Waals surface area contributed by atoms with Crippen molar-refractivity contribution < 1.29 is 9.59 Å². The van der Waals surface area contributed by atoms with Gasteiger partial charge in [0.05, 0.1) is 0 Å². The van der Waals surface area contributed by atoms with Gasteiger partial charge in [0.1, 0.15) is 5.54 Å². The Balaban J connectivity index is 1.39. The van der Waals surface area contributed by atoms with Crippen molar-refractivity contribution in [3.05, 3.63) is 18.5 Å². The van der Waals surface area contributed by atoms with Crippen LogP contribution in [0.3, 0.4) is 0 Å². The van der Waals surface area contributed by atoms with Crippen molar-refractivity contribution in [3.63, 3.8) is 0 Å². The van der Waals surface area contributed by atoms with E-state index in [-0.39, 0.29) is 11.8 Å². The highest BCUT2D eigenvalue weighted by molar-refractivity contribution is 5.85. The topological polar surface area (TPSA) is 70.5 Å². The van der Waals surface area contributed by atoms with E-state index in [0.717, 1.165) is 70.6 Å². The summed E-state index contributed by atoms with van der Waals surface area (Å²) in [7, 11) is 0. The predicted octanol–water partition coefficient (Wildman–Crippen LogP) is 1.46. The highest BCUT2D eigenvalue weighted by Gasteiger charge is 2.45. The van der Waals surface area contributed by atoms with Crippen LogP contribution in [0.5, 0.6) is 0 Å². The van der Waals surface area contributed by atoms with Crippen LogP contribution in [0.15, 0.2) is 18.5 Å². The number of carbonyl (C=O) groups is 2. The van der Waals surface area contributed by atoms with E-state index >= 15 is 0 Å². The fraction of sp³-hybridized carbons (Fsp3) is 0.762. The molecule has 0 bridgehead atoms. The third kappa shape index (κ3) is 3.69. The summed E-state index contributed by atoms with van der Waals surface area (Å²) in [6, 6.07) is 1.89. The molecule has 7 heteroatoms. The SMILES string of the molecule is CC1CCN(C(=O)C2CCN(C(=O)C3(n4cccn4)CCNCC3)CC2)CC1. The maximum absolute atomic E-state index is 13.5. The quantitative estimate of drug-likeness (QED) is 0.852. The third-order valence-corrected chi connectivity index (χ3v) is 7.00. The standard InChI is InChI=1S/C21H33N5O2/c1-17-3-13-24(14-4-17)19(27)18-5-15-25(16-6-18)20(28)21(7-10-22-11-8-21)26-12-2-9-23-26/h2,9,12,17-18,22H,3-8,10-11,13-16H2,1H3. The van der Waals surface area contributed by atoms with Gasteiger partial charge < -0.3 is 15.1 Å². The molecule has 1 aromatic rings. The second-order valence-corrected chi connectivity index (χ2v) is 8.81. The van der Waals surface area contributed by atoms with Crippen molar-refractivity contribution in [2.75, 3.05) is 39.3 Å². The molecule has 7 nitrogen and oxygen atoms in total. The Morgan fingerprint density at radius 3 is 2.25 bits per heavy atom. The number of carbonyl (C=O) groups excluding carboxylic acids is 2. The number of piperidine rings is 3. The molecule has 28 heavy (non-hydrogen) atoms. The van der Waals surface area contributed by atoms with E-state index in [1.165, 1.54) is 0 Å². The molecule has 0 radical (unpaired) electrons. The molecule has 4 rings (SSSR count). The van der Waals surface area contributed by atoms with E-state index in [1.54, 1.807) is 6.20 Å². The van der Waals surface area contributed by atoms with Gasteiger partial charge in [-0.15, -0.1) is 0 Å². The summed E-state index contributed by atoms with van der Waals surface area (Å²) in [6.45, 7) is 7.07. The zero-order valence-electron chi connectivity index (χ0n) is 17.0. The van der Waals surface area contributed by atoms with Gasteiger partial charge in [0.25, 0.3) is 5.91 Å². The Hall–Kier alpha value is -1.89. The van der Waals surface area contributed by atoms with Gasteiger partial charge in [-0.3, -0.25) is 14.3 Å². The zero-order valence-corrected chi connectivity index (χ0v) is 17.0. The summed E-state index contributed by atoms with van der Waals surface area (Å²) in [5.41, 5.74) is -0.575. The van der Waals surface area contributed by atoms with E-state index in [2.05, 4.69) is 22.2 Å². The maximum Gasteiger partial charge on any atom is 0.250 e. The Bertz CT molecular complexity index is 667. The minimum atomic E-state index is -0.575. The predicted molar refractivity (Wildman–Crippen MR) is 107 cm³/mol. The Morgan fingerprint density at radius 2 is 1.64 bits per heavy atom. The fourth-order valence-electron chi connectivity index (χ4n) is 5.01. The van der Waals surface area contributed by atoms with Gasteiger partial charge in [-0.1, -0.05) is 6.92 Å². The summed E-state index contributed by atoms with van der Waals surface area (Å²) in [5.74, 6) is 1.29. The zero-order chi connectivity index (χ0) is 19.6. The van der Waals surface area contributed by atoms with Gasteiger partial charge in [-0.2, -0.15) is 5.10 Å². The molecule has 3 aliphatic rings. The van der Waals surface area contributed by atoms with Crippen molar-refractivity contribution in [1.82, 2.24) is 24.9 Å². The Kier molecular flexibility index (Phi) is 5.71. The molecule has 3 aliphatic heterocycles. The first-order valence-corrected chi connectivity index (χ1v) is 10.9. The summed E-state index contributed by atoms with van der Waals surface area (Å²) in [5, 5.41) is 7.78. The van der Waals surface area contributed by atoms with E-state index in [4.69, 9.17) is 0 Å². The lowest BCUT2D eigenvalue weighted by Crippen LogP contribution is -2.57. The first kappa shape index (κ1) is 19.4. The first-order chi connectivity index (χ1) is 13.6. The Labute approximate surface area is 167 Å². The maximum atomic E-state index is 13.5. The second-order valence-electron chi connectivity index (χ2n) is 8.81. The van der Waals surface area contributed by atoms with Crippen LogP contribution in [-0.4, -0.2) is 70.7 Å². The number of rotatable bonds is 3. The third-order valence-electron chi connectivity index (χ3n) is 7.00. The molecule has 4 heterocycles. The number of nitrogens with one attached hydrogen (secondary N) is 1. The number of amides is 2. The molecule has 0 spiro atoms. The van der Waals surface area contributed by atoms with Gasteiger partial charge in [-0.25, -0.2) is 0 Å². The molecule has 0 aromatic carbocycles. The average molecular weight is 388 g/mol. The highest BCUT2D eigenvalue weighted by atomic mass is 16.2. The Morgan fingerprint density at radius 1 is 1.00 bits per heavy atom. The van der Waals surface area contributed by atoms with Crippen LogP contribution in [0, 0.1) is 11.8 Å². The first-order valence-electron chi connectivity index (χ1n) is 10.9. The van der Waals surface area contributed by atoms with Crippen molar-refractivity contribution in [2.45, 2.75) is 51.0 Å². The minimum absolute atomic E-state index is 0.0751. The van der Waals surface area contributed by atoms with Crippen LogP contribution in [0.2, 0.25) is 0 Å². The molecule has 0 atom stereocenters.